The number of thiophene rings is 1. The SMILES string of the molecule is Cc1ccc(-c2cc(CNc3ncnc4sc(C)c(C)c34)on2)cc1. The van der Waals surface area contributed by atoms with E-state index in [1.165, 1.54) is 16.0 Å². The second-order valence-corrected chi connectivity index (χ2v) is 7.29. The standard InChI is InChI=1S/C19H18N4OS/c1-11-4-6-14(7-5-11)16-8-15(24-23-16)9-20-18-17-12(2)13(3)25-19(17)22-10-21-18/h4-8,10H,9H2,1-3H3,(H,20,21,22). The summed E-state index contributed by atoms with van der Waals surface area (Å²) in [5.41, 5.74) is 4.34. The molecule has 4 rings (SSSR count). The third-order valence-electron chi connectivity index (χ3n) is 4.30. The predicted molar refractivity (Wildman–Crippen MR) is 101 cm³/mol. The van der Waals surface area contributed by atoms with Crippen LogP contribution in [0.15, 0.2) is 41.2 Å². The maximum atomic E-state index is 5.47. The van der Waals surface area contributed by atoms with Crippen molar-refractivity contribution < 1.29 is 4.52 Å². The molecular formula is C19H18N4OS. The van der Waals surface area contributed by atoms with E-state index in [2.05, 4.69) is 65.5 Å². The molecule has 0 spiro atoms. The first-order valence-corrected chi connectivity index (χ1v) is 8.90. The zero-order chi connectivity index (χ0) is 17.4. The third kappa shape index (κ3) is 3.00. The zero-order valence-electron chi connectivity index (χ0n) is 14.3. The Hall–Kier alpha value is -2.73. The highest BCUT2D eigenvalue weighted by atomic mass is 32.1. The quantitative estimate of drug-likeness (QED) is 0.568. The van der Waals surface area contributed by atoms with Gasteiger partial charge in [-0.2, -0.15) is 0 Å². The number of nitrogens with one attached hydrogen (secondary N) is 1. The Morgan fingerprint density at radius 1 is 1.08 bits per heavy atom. The number of anilines is 1. The smallest absolute Gasteiger partial charge is 0.156 e. The van der Waals surface area contributed by atoms with Crippen molar-refractivity contribution in [2.24, 2.45) is 0 Å². The van der Waals surface area contributed by atoms with Gasteiger partial charge in [-0.1, -0.05) is 35.0 Å². The van der Waals surface area contributed by atoms with Crippen molar-refractivity contribution in [3.8, 4) is 11.3 Å². The van der Waals surface area contributed by atoms with E-state index >= 15 is 0 Å². The summed E-state index contributed by atoms with van der Waals surface area (Å²) in [7, 11) is 0. The van der Waals surface area contributed by atoms with Gasteiger partial charge in [-0.15, -0.1) is 11.3 Å². The van der Waals surface area contributed by atoms with E-state index in [0.717, 1.165) is 33.1 Å². The first-order valence-electron chi connectivity index (χ1n) is 8.09. The van der Waals surface area contributed by atoms with Gasteiger partial charge in [-0.3, -0.25) is 0 Å². The molecule has 3 heterocycles. The molecular weight excluding hydrogens is 332 g/mol. The van der Waals surface area contributed by atoms with Gasteiger partial charge in [0.1, 0.15) is 22.7 Å². The van der Waals surface area contributed by atoms with Crippen molar-refractivity contribution in [3.63, 3.8) is 0 Å². The molecule has 0 atom stereocenters. The number of nitrogens with zero attached hydrogens (tertiary/aromatic N) is 3. The van der Waals surface area contributed by atoms with E-state index < -0.39 is 0 Å². The molecule has 4 aromatic rings. The molecule has 0 radical (unpaired) electrons. The van der Waals surface area contributed by atoms with E-state index in [1.807, 2.05) is 6.07 Å². The Morgan fingerprint density at radius 2 is 1.88 bits per heavy atom. The molecule has 0 saturated heterocycles. The van der Waals surface area contributed by atoms with Crippen molar-refractivity contribution in [2.75, 3.05) is 5.32 Å². The maximum Gasteiger partial charge on any atom is 0.156 e. The van der Waals surface area contributed by atoms with Crippen LogP contribution in [0.5, 0.6) is 0 Å². The van der Waals surface area contributed by atoms with E-state index in [1.54, 1.807) is 17.7 Å². The van der Waals surface area contributed by atoms with Crippen LogP contribution in [0.4, 0.5) is 5.82 Å². The number of hydrogen-bond donors (Lipinski definition) is 1. The highest BCUT2D eigenvalue weighted by Gasteiger charge is 2.13. The van der Waals surface area contributed by atoms with Gasteiger partial charge in [-0.25, -0.2) is 9.97 Å². The fourth-order valence-corrected chi connectivity index (χ4v) is 3.74. The molecule has 5 nitrogen and oxygen atoms in total. The van der Waals surface area contributed by atoms with Crippen LogP contribution in [0.2, 0.25) is 0 Å². The molecule has 0 fully saturated rings. The normalized spacial score (nSPS) is 11.2. The predicted octanol–water partition coefficient (Wildman–Crippen LogP) is 4.88. The molecule has 126 valence electrons. The molecule has 6 heteroatoms. The molecule has 0 aliphatic carbocycles. The number of fused-ring (bicyclic) bond motifs is 1. The Balaban J connectivity index is 1.55. The lowest BCUT2D eigenvalue weighted by molar-refractivity contribution is 0.390. The first-order chi connectivity index (χ1) is 12.1. The molecule has 0 unspecified atom stereocenters. The summed E-state index contributed by atoms with van der Waals surface area (Å²) in [6.07, 6.45) is 1.60. The largest absolute Gasteiger partial charge is 0.362 e. The lowest BCUT2D eigenvalue weighted by Gasteiger charge is -2.04. The fraction of sp³-hybridized carbons (Fsp3) is 0.211. The average Bonchev–Trinajstić information content (AvgIpc) is 3.19. The van der Waals surface area contributed by atoms with E-state index in [4.69, 9.17) is 4.52 Å². The summed E-state index contributed by atoms with van der Waals surface area (Å²) in [5.74, 6) is 1.60. The summed E-state index contributed by atoms with van der Waals surface area (Å²) in [6, 6.07) is 10.2. The van der Waals surface area contributed by atoms with Crippen molar-refractivity contribution in [1.82, 2.24) is 15.1 Å². The van der Waals surface area contributed by atoms with Crippen LogP contribution >= 0.6 is 11.3 Å². The number of hydrogen-bond acceptors (Lipinski definition) is 6. The van der Waals surface area contributed by atoms with E-state index in [9.17, 15) is 0 Å². The maximum absolute atomic E-state index is 5.47. The molecule has 25 heavy (non-hydrogen) atoms. The highest BCUT2D eigenvalue weighted by molar-refractivity contribution is 7.18. The lowest BCUT2D eigenvalue weighted by atomic mass is 10.1. The number of benzene rings is 1. The van der Waals surface area contributed by atoms with Crippen LogP contribution < -0.4 is 5.32 Å². The minimum atomic E-state index is 0.527. The van der Waals surface area contributed by atoms with Crippen molar-refractivity contribution >= 4 is 27.4 Å². The Morgan fingerprint density at radius 3 is 2.68 bits per heavy atom. The average molecular weight is 350 g/mol. The molecule has 3 aromatic heterocycles. The van der Waals surface area contributed by atoms with E-state index in [0.29, 0.717) is 6.54 Å². The fourth-order valence-electron chi connectivity index (χ4n) is 2.74. The Labute approximate surface area is 149 Å². The Bertz CT molecular complexity index is 1030. The van der Waals surface area contributed by atoms with Crippen LogP contribution in [0, 0.1) is 20.8 Å². The topological polar surface area (TPSA) is 63.8 Å². The molecule has 0 amide bonds. The van der Waals surface area contributed by atoms with Gasteiger partial charge in [0.05, 0.1) is 11.9 Å². The molecule has 1 aromatic carbocycles. The highest BCUT2D eigenvalue weighted by Crippen LogP contribution is 2.32. The van der Waals surface area contributed by atoms with Crippen LogP contribution in [0.3, 0.4) is 0 Å². The number of rotatable bonds is 4. The van der Waals surface area contributed by atoms with Gasteiger partial charge in [0, 0.05) is 16.5 Å². The van der Waals surface area contributed by atoms with E-state index in [-0.39, 0.29) is 0 Å². The van der Waals surface area contributed by atoms with Gasteiger partial charge < -0.3 is 9.84 Å². The minimum Gasteiger partial charge on any atom is -0.362 e. The lowest BCUT2D eigenvalue weighted by Crippen LogP contribution is -2.01. The number of aryl methyl sites for hydroxylation is 3. The molecule has 0 saturated carbocycles. The summed E-state index contributed by atoms with van der Waals surface area (Å²) >= 11 is 1.69. The summed E-state index contributed by atoms with van der Waals surface area (Å²) < 4.78 is 5.47. The van der Waals surface area contributed by atoms with Gasteiger partial charge in [0.15, 0.2) is 5.76 Å². The second-order valence-electron chi connectivity index (χ2n) is 6.08. The summed E-state index contributed by atoms with van der Waals surface area (Å²) in [4.78, 5) is 11.0. The van der Waals surface area contributed by atoms with Gasteiger partial charge in [-0.05, 0) is 26.3 Å². The monoisotopic (exact) mass is 350 g/mol. The summed E-state index contributed by atoms with van der Waals surface area (Å²) in [6.45, 7) is 6.81. The van der Waals surface area contributed by atoms with Gasteiger partial charge in [0.25, 0.3) is 0 Å². The molecule has 1 N–H and O–H groups in total. The van der Waals surface area contributed by atoms with Crippen LogP contribution in [0.1, 0.15) is 21.8 Å². The third-order valence-corrected chi connectivity index (χ3v) is 5.42. The van der Waals surface area contributed by atoms with Gasteiger partial charge in [0.2, 0.25) is 0 Å². The summed E-state index contributed by atoms with van der Waals surface area (Å²) in [5, 5.41) is 8.61. The number of aromatic nitrogens is 3. The minimum absolute atomic E-state index is 0.527. The van der Waals surface area contributed by atoms with Crippen molar-refractivity contribution in [3.05, 3.63) is 58.4 Å². The first kappa shape index (κ1) is 15.8. The van der Waals surface area contributed by atoms with Crippen molar-refractivity contribution in [2.45, 2.75) is 27.3 Å². The van der Waals surface area contributed by atoms with Gasteiger partial charge >= 0.3 is 0 Å². The van der Waals surface area contributed by atoms with Crippen LogP contribution in [0.25, 0.3) is 21.5 Å². The molecule has 0 bridgehead atoms. The van der Waals surface area contributed by atoms with Crippen LogP contribution in [-0.2, 0) is 6.54 Å². The molecule has 0 aliphatic rings. The Kier molecular flexibility index (Phi) is 3.97. The second kappa shape index (κ2) is 6.29. The molecule has 0 aliphatic heterocycles. The van der Waals surface area contributed by atoms with Crippen molar-refractivity contribution in [1.29, 1.82) is 0 Å². The van der Waals surface area contributed by atoms with Crippen LogP contribution in [-0.4, -0.2) is 15.1 Å². The zero-order valence-corrected chi connectivity index (χ0v) is 15.1.